The van der Waals surface area contributed by atoms with Crippen LogP contribution in [0.2, 0.25) is 0 Å². The number of nitrogens with one attached hydrogen (secondary N) is 1. The van der Waals surface area contributed by atoms with E-state index in [2.05, 4.69) is 4.98 Å². The summed E-state index contributed by atoms with van der Waals surface area (Å²) in [5.41, 5.74) is 6.78. The largest absolute Gasteiger partial charge is 0.384 e. The number of nitrogens with two attached hydrogens (primary N) is 1. The Morgan fingerprint density at radius 2 is 2.00 bits per heavy atom. The molecule has 0 aliphatic carbocycles. The average molecular weight is 347 g/mol. The molecule has 0 saturated heterocycles. The second kappa shape index (κ2) is 8.01. The number of H-pyrrole nitrogens is 1. The van der Waals surface area contributed by atoms with Crippen molar-refractivity contribution in [2.24, 2.45) is 0 Å². The topological polar surface area (TPSA) is 97.9 Å². The molecule has 0 spiro atoms. The number of Topliss-reactive ketones (excluding diaryl/α,β-unsaturated/α-hetero) is 1. The molecule has 0 fully saturated rings. The van der Waals surface area contributed by atoms with Gasteiger partial charge in [-0.3, -0.25) is 19.1 Å². The zero-order valence-electron chi connectivity index (χ0n) is 13.8. The lowest BCUT2D eigenvalue weighted by Crippen LogP contribution is -2.36. The lowest BCUT2D eigenvalue weighted by molar-refractivity contribution is 0.102. The van der Waals surface area contributed by atoms with Crippen molar-refractivity contribution in [1.29, 1.82) is 0 Å². The van der Waals surface area contributed by atoms with E-state index in [9.17, 15) is 14.4 Å². The van der Waals surface area contributed by atoms with Crippen molar-refractivity contribution in [3.05, 3.63) is 61.8 Å². The van der Waals surface area contributed by atoms with Gasteiger partial charge in [-0.15, -0.1) is 11.8 Å². The minimum atomic E-state index is -0.716. The normalized spacial score (nSPS) is 10.8. The zero-order valence-corrected chi connectivity index (χ0v) is 14.6. The summed E-state index contributed by atoms with van der Waals surface area (Å²) in [5.74, 6) is 0.390. The predicted molar refractivity (Wildman–Crippen MR) is 97.7 cm³/mol. The Morgan fingerprint density at radius 1 is 1.29 bits per heavy atom. The fraction of sp³-hybridized carbons (Fsp3) is 0.353. The maximum Gasteiger partial charge on any atom is 0.329 e. The predicted octanol–water partition coefficient (Wildman–Crippen LogP) is 1.95. The lowest BCUT2D eigenvalue weighted by atomic mass is 10.1. The molecule has 1 aromatic carbocycles. The van der Waals surface area contributed by atoms with Crippen molar-refractivity contribution in [3.8, 4) is 0 Å². The van der Waals surface area contributed by atoms with Gasteiger partial charge in [0, 0.05) is 12.3 Å². The highest BCUT2D eigenvalue weighted by molar-refractivity contribution is 7.99. The van der Waals surface area contributed by atoms with Crippen LogP contribution in [-0.2, 0) is 12.3 Å². The van der Waals surface area contributed by atoms with E-state index in [4.69, 9.17) is 5.73 Å². The van der Waals surface area contributed by atoms with Crippen LogP contribution in [0.4, 0.5) is 5.82 Å². The van der Waals surface area contributed by atoms with E-state index >= 15 is 0 Å². The van der Waals surface area contributed by atoms with Gasteiger partial charge in [0.1, 0.15) is 11.4 Å². The average Bonchev–Trinajstić information content (AvgIpc) is 2.53. The van der Waals surface area contributed by atoms with Crippen LogP contribution in [0.1, 0.15) is 34.8 Å². The number of carbonyl (C=O) groups excluding carboxylic acids is 1. The van der Waals surface area contributed by atoms with Crippen LogP contribution in [0.25, 0.3) is 0 Å². The van der Waals surface area contributed by atoms with Gasteiger partial charge in [0.15, 0.2) is 5.78 Å². The molecule has 128 valence electrons. The summed E-state index contributed by atoms with van der Waals surface area (Å²) in [6.07, 6.45) is 0.672. The number of nitrogens with zero attached hydrogens (tertiary/aromatic N) is 1. The zero-order chi connectivity index (χ0) is 17.7. The van der Waals surface area contributed by atoms with Crippen molar-refractivity contribution >= 4 is 23.4 Å². The fourth-order valence-electron chi connectivity index (χ4n) is 2.40. The van der Waals surface area contributed by atoms with Crippen LogP contribution < -0.4 is 17.0 Å². The molecule has 0 aliphatic rings. The number of nitrogen functional groups attached to an aromatic ring is 1. The first kappa shape index (κ1) is 18.1. The smallest absolute Gasteiger partial charge is 0.329 e. The van der Waals surface area contributed by atoms with Gasteiger partial charge in [0.2, 0.25) is 0 Å². The lowest BCUT2D eigenvalue weighted by Gasteiger charge is -2.11. The fourth-order valence-corrected chi connectivity index (χ4v) is 3.38. The third-order valence-corrected chi connectivity index (χ3v) is 4.70. The number of ketones is 1. The van der Waals surface area contributed by atoms with Crippen LogP contribution >= 0.6 is 11.8 Å². The van der Waals surface area contributed by atoms with E-state index in [0.29, 0.717) is 18.7 Å². The standard InChI is InChI=1S/C17H21N3O3S/c1-3-8-20-15(18)14(16(22)19-17(20)23)13(21)10-24-9-12-7-5-4-6-11(12)2/h4-7H,3,8-10,18H2,1-2H3,(H,19,22,23). The highest BCUT2D eigenvalue weighted by atomic mass is 32.2. The van der Waals surface area contributed by atoms with Gasteiger partial charge in [-0.1, -0.05) is 31.2 Å². The van der Waals surface area contributed by atoms with Crippen LogP contribution in [0.5, 0.6) is 0 Å². The summed E-state index contributed by atoms with van der Waals surface area (Å²) in [7, 11) is 0. The Labute approximate surface area is 144 Å². The van der Waals surface area contributed by atoms with Crippen molar-refractivity contribution in [2.75, 3.05) is 11.5 Å². The van der Waals surface area contributed by atoms with E-state index in [1.54, 1.807) is 0 Å². The minimum absolute atomic E-state index is 0.0490. The minimum Gasteiger partial charge on any atom is -0.384 e. The van der Waals surface area contributed by atoms with Crippen molar-refractivity contribution in [1.82, 2.24) is 9.55 Å². The van der Waals surface area contributed by atoms with E-state index < -0.39 is 11.2 Å². The number of aromatic amines is 1. The monoisotopic (exact) mass is 347 g/mol. The third kappa shape index (κ3) is 3.97. The number of hydrogen-bond acceptors (Lipinski definition) is 5. The first-order chi connectivity index (χ1) is 11.5. The summed E-state index contributed by atoms with van der Waals surface area (Å²) < 4.78 is 1.24. The van der Waals surface area contributed by atoms with Gasteiger partial charge in [0.25, 0.3) is 5.56 Å². The Balaban J connectivity index is 2.15. The molecule has 3 N–H and O–H groups in total. The number of carbonyl (C=O) groups is 1. The summed E-state index contributed by atoms with van der Waals surface area (Å²) in [6, 6.07) is 7.94. The number of rotatable bonds is 7. The van der Waals surface area contributed by atoms with Crippen LogP contribution in [0, 0.1) is 6.92 Å². The first-order valence-electron chi connectivity index (χ1n) is 7.73. The van der Waals surface area contributed by atoms with Gasteiger partial charge in [-0.25, -0.2) is 4.79 Å². The van der Waals surface area contributed by atoms with Crippen LogP contribution in [0.15, 0.2) is 33.9 Å². The SMILES string of the molecule is CCCn1c(N)c(C(=O)CSCc2ccccc2C)c(=O)[nH]c1=O. The van der Waals surface area contributed by atoms with Crippen LogP contribution in [-0.4, -0.2) is 21.1 Å². The third-order valence-electron chi connectivity index (χ3n) is 3.72. The Hall–Kier alpha value is -2.28. The molecule has 0 amide bonds. The first-order valence-corrected chi connectivity index (χ1v) is 8.89. The molecular weight excluding hydrogens is 326 g/mol. The second-order valence-electron chi connectivity index (χ2n) is 5.51. The molecule has 1 aromatic heterocycles. The van der Waals surface area contributed by atoms with Crippen molar-refractivity contribution in [2.45, 2.75) is 32.6 Å². The summed E-state index contributed by atoms with van der Waals surface area (Å²) in [5, 5.41) is 0. The molecular formula is C17H21N3O3S. The van der Waals surface area contributed by atoms with Crippen LogP contribution in [0.3, 0.4) is 0 Å². The van der Waals surface area contributed by atoms with Gasteiger partial charge < -0.3 is 5.73 Å². The molecule has 2 aromatic rings. The number of anilines is 1. The van der Waals surface area contributed by atoms with Gasteiger partial charge in [0.05, 0.1) is 5.75 Å². The van der Waals surface area contributed by atoms with Crippen molar-refractivity contribution in [3.63, 3.8) is 0 Å². The molecule has 0 bridgehead atoms. The molecule has 0 radical (unpaired) electrons. The molecule has 0 aliphatic heterocycles. The van der Waals surface area contributed by atoms with E-state index in [0.717, 1.165) is 11.1 Å². The van der Waals surface area contributed by atoms with Crippen molar-refractivity contribution < 1.29 is 4.79 Å². The highest BCUT2D eigenvalue weighted by Crippen LogP contribution is 2.17. The Morgan fingerprint density at radius 3 is 2.67 bits per heavy atom. The molecule has 1 heterocycles. The van der Waals surface area contributed by atoms with Gasteiger partial charge >= 0.3 is 5.69 Å². The molecule has 7 heteroatoms. The summed E-state index contributed by atoms with van der Waals surface area (Å²) in [6.45, 7) is 4.26. The molecule has 6 nitrogen and oxygen atoms in total. The maximum atomic E-state index is 12.4. The quantitative estimate of drug-likeness (QED) is 0.746. The molecule has 2 rings (SSSR count). The Kier molecular flexibility index (Phi) is 6.03. The van der Waals surface area contributed by atoms with E-state index in [-0.39, 0.29) is 22.9 Å². The van der Waals surface area contributed by atoms with Gasteiger partial charge in [-0.05, 0) is 24.5 Å². The second-order valence-corrected chi connectivity index (χ2v) is 6.50. The summed E-state index contributed by atoms with van der Waals surface area (Å²) in [4.78, 5) is 38.3. The molecule has 0 atom stereocenters. The Bertz CT molecular complexity index is 855. The highest BCUT2D eigenvalue weighted by Gasteiger charge is 2.19. The molecule has 0 unspecified atom stereocenters. The number of aryl methyl sites for hydroxylation is 1. The summed E-state index contributed by atoms with van der Waals surface area (Å²) >= 11 is 1.42. The number of aromatic nitrogens is 2. The van der Waals surface area contributed by atoms with E-state index in [1.807, 2.05) is 38.1 Å². The van der Waals surface area contributed by atoms with Gasteiger partial charge in [-0.2, -0.15) is 0 Å². The molecule has 24 heavy (non-hydrogen) atoms. The number of benzene rings is 1. The molecule has 0 saturated carbocycles. The number of thioether (sulfide) groups is 1. The maximum absolute atomic E-state index is 12.4. The van der Waals surface area contributed by atoms with E-state index in [1.165, 1.54) is 16.3 Å². The number of hydrogen-bond donors (Lipinski definition) is 2.